The molecular weight excluding hydrogens is 292 g/mol. The van der Waals surface area contributed by atoms with E-state index in [1.807, 2.05) is 24.3 Å². The van der Waals surface area contributed by atoms with E-state index in [4.69, 9.17) is 4.74 Å². The van der Waals surface area contributed by atoms with Gasteiger partial charge in [0.05, 0.1) is 7.11 Å². The Kier molecular flexibility index (Phi) is 5.74. The second-order valence-corrected chi connectivity index (χ2v) is 5.06. The van der Waals surface area contributed by atoms with E-state index in [9.17, 15) is 9.59 Å². The Bertz CT molecular complexity index is 681. The van der Waals surface area contributed by atoms with Gasteiger partial charge in [0.1, 0.15) is 5.75 Å². The van der Waals surface area contributed by atoms with Crippen molar-refractivity contribution >= 4 is 17.5 Å². The third kappa shape index (κ3) is 4.85. The Morgan fingerprint density at radius 3 is 2.48 bits per heavy atom. The summed E-state index contributed by atoms with van der Waals surface area (Å²) < 4.78 is 5.10. The van der Waals surface area contributed by atoms with E-state index in [1.54, 1.807) is 38.4 Å². The summed E-state index contributed by atoms with van der Waals surface area (Å²) >= 11 is 0. The molecule has 0 unspecified atom stereocenters. The first kappa shape index (κ1) is 16.5. The molecule has 2 N–H and O–H groups in total. The Labute approximate surface area is 135 Å². The molecule has 0 aromatic heterocycles. The molecule has 2 rings (SSSR count). The molecule has 0 atom stereocenters. The number of amides is 2. The molecule has 0 saturated carbocycles. The number of carbonyl (C=O) groups excluding carboxylic acids is 2. The summed E-state index contributed by atoms with van der Waals surface area (Å²) in [5.74, 6) is 0.526. The average molecular weight is 312 g/mol. The van der Waals surface area contributed by atoms with Crippen LogP contribution in [0, 0.1) is 0 Å². The summed E-state index contributed by atoms with van der Waals surface area (Å²) in [6, 6.07) is 14.5. The number of hydrogen-bond donors (Lipinski definition) is 2. The number of hydrogen-bond acceptors (Lipinski definition) is 3. The quantitative estimate of drug-likeness (QED) is 0.861. The lowest BCUT2D eigenvalue weighted by Crippen LogP contribution is -2.18. The van der Waals surface area contributed by atoms with Gasteiger partial charge in [-0.15, -0.1) is 0 Å². The van der Waals surface area contributed by atoms with E-state index in [0.717, 1.165) is 11.3 Å². The number of carbonyl (C=O) groups is 2. The van der Waals surface area contributed by atoms with Gasteiger partial charge in [0.2, 0.25) is 5.91 Å². The first-order chi connectivity index (χ1) is 11.1. The lowest BCUT2D eigenvalue weighted by Gasteiger charge is -2.07. The Morgan fingerprint density at radius 2 is 1.83 bits per heavy atom. The van der Waals surface area contributed by atoms with E-state index in [-0.39, 0.29) is 11.8 Å². The monoisotopic (exact) mass is 312 g/mol. The van der Waals surface area contributed by atoms with Crippen LogP contribution in [0.2, 0.25) is 0 Å². The van der Waals surface area contributed by atoms with Crippen molar-refractivity contribution in [2.24, 2.45) is 0 Å². The predicted molar refractivity (Wildman–Crippen MR) is 89.8 cm³/mol. The first-order valence-electron chi connectivity index (χ1n) is 7.37. The molecule has 0 fully saturated rings. The van der Waals surface area contributed by atoms with E-state index in [2.05, 4.69) is 10.6 Å². The largest absolute Gasteiger partial charge is 0.497 e. The predicted octanol–water partition coefficient (Wildman–Crippen LogP) is 2.63. The van der Waals surface area contributed by atoms with Gasteiger partial charge in [-0.2, -0.15) is 0 Å². The van der Waals surface area contributed by atoms with Crippen molar-refractivity contribution in [2.75, 3.05) is 19.5 Å². The van der Waals surface area contributed by atoms with Gasteiger partial charge in [-0.05, 0) is 42.3 Å². The Hall–Kier alpha value is -2.82. The highest BCUT2D eigenvalue weighted by molar-refractivity contribution is 5.97. The second kappa shape index (κ2) is 7.98. The van der Waals surface area contributed by atoms with Crippen LogP contribution in [-0.2, 0) is 11.2 Å². The molecule has 0 saturated heterocycles. The van der Waals surface area contributed by atoms with Crippen LogP contribution in [-0.4, -0.2) is 26.0 Å². The van der Waals surface area contributed by atoms with Gasteiger partial charge in [0.25, 0.3) is 5.91 Å². The van der Waals surface area contributed by atoms with Crippen LogP contribution in [0.15, 0.2) is 48.5 Å². The summed E-state index contributed by atoms with van der Waals surface area (Å²) in [5, 5.41) is 5.37. The Morgan fingerprint density at radius 1 is 1.09 bits per heavy atom. The fraction of sp³-hybridized carbons (Fsp3) is 0.222. The number of anilines is 1. The normalized spacial score (nSPS) is 10.0. The topological polar surface area (TPSA) is 67.4 Å². The SMILES string of the molecule is CNC(=O)c1cccc(NC(=O)CCc2ccc(OC)cc2)c1. The second-order valence-electron chi connectivity index (χ2n) is 5.06. The van der Waals surface area contributed by atoms with Crippen molar-refractivity contribution in [2.45, 2.75) is 12.8 Å². The van der Waals surface area contributed by atoms with Crippen molar-refractivity contribution < 1.29 is 14.3 Å². The van der Waals surface area contributed by atoms with Gasteiger partial charge < -0.3 is 15.4 Å². The minimum Gasteiger partial charge on any atom is -0.497 e. The molecular formula is C18H20N2O3. The number of nitrogens with one attached hydrogen (secondary N) is 2. The molecule has 23 heavy (non-hydrogen) atoms. The number of ether oxygens (including phenoxy) is 1. The molecule has 0 heterocycles. The van der Waals surface area contributed by atoms with Crippen LogP contribution in [0.25, 0.3) is 0 Å². The minimum absolute atomic E-state index is 0.0881. The molecule has 0 spiro atoms. The molecule has 0 aliphatic rings. The van der Waals surface area contributed by atoms with Crippen LogP contribution >= 0.6 is 0 Å². The van der Waals surface area contributed by atoms with Crippen molar-refractivity contribution in [3.63, 3.8) is 0 Å². The van der Waals surface area contributed by atoms with Gasteiger partial charge in [-0.3, -0.25) is 9.59 Å². The van der Waals surface area contributed by atoms with Crippen LogP contribution in [0.3, 0.4) is 0 Å². The lowest BCUT2D eigenvalue weighted by molar-refractivity contribution is -0.116. The van der Waals surface area contributed by atoms with Gasteiger partial charge >= 0.3 is 0 Å². The Balaban J connectivity index is 1.90. The van der Waals surface area contributed by atoms with Gasteiger partial charge in [0.15, 0.2) is 0 Å². The van der Waals surface area contributed by atoms with E-state index in [1.165, 1.54) is 0 Å². The van der Waals surface area contributed by atoms with E-state index < -0.39 is 0 Å². The number of methoxy groups -OCH3 is 1. The molecule has 0 aliphatic heterocycles. The highest BCUT2D eigenvalue weighted by atomic mass is 16.5. The van der Waals surface area contributed by atoms with Crippen molar-refractivity contribution in [1.29, 1.82) is 0 Å². The third-order valence-electron chi connectivity index (χ3n) is 3.44. The molecule has 2 aromatic rings. The molecule has 2 amide bonds. The molecule has 0 bridgehead atoms. The van der Waals surface area contributed by atoms with Crippen molar-refractivity contribution in [1.82, 2.24) is 5.32 Å². The smallest absolute Gasteiger partial charge is 0.251 e. The maximum Gasteiger partial charge on any atom is 0.251 e. The zero-order valence-corrected chi connectivity index (χ0v) is 13.3. The highest BCUT2D eigenvalue weighted by Gasteiger charge is 2.07. The summed E-state index contributed by atoms with van der Waals surface area (Å²) in [7, 11) is 3.19. The molecule has 0 radical (unpaired) electrons. The summed E-state index contributed by atoms with van der Waals surface area (Å²) in [5.41, 5.74) is 2.20. The minimum atomic E-state index is -0.181. The standard InChI is InChI=1S/C18H20N2O3/c1-19-18(22)14-4-3-5-15(12-14)20-17(21)11-8-13-6-9-16(23-2)10-7-13/h3-7,9-10,12H,8,11H2,1-2H3,(H,19,22)(H,20,21). The van der Waals surface area contributed by atoms with E-state index >= 15 is 0 Å². The van der Waals surface area contributed by atoms with Crippen LogP contribution in [0.4, 0.5) is 5.69 Å². The third-order valence-corrected chi connectivity index (χ3v) is 3.44. The number of aryl methyl sites for hydroxylation is 1. The molecule has 5 heteroatoms. The fourth-order valence-corrected chi connectivity index (χ4v) is 2.16. The molecule has 0 aliphatic carbocycles. The zero-order chi connectivity index (χ0) is 16.7. The highest BCUT2D eigenvalue weighted by Crippen LogP contribution is 2.14. The van der Waals surface area contributed by atoms with Crippen LogP contribution < -0.4 is 15.4 Å². The average Bonchev–Trinajstić information content (AvgIpc) is 2.60. The first-order valence-corrected chi connectivity index (χ1v) is 7.37. The maximum absolute atomic E-state index is 12.0. The summed E-state index contributed by atoms with van der Waals surface area (Å²) in [6.07, 6.45) is 1.02. The van der Waals surface area contributed by atoms with Gasteiger partial charge in [-0.25, -0.2) is 0 Å². The van der Waals surface area contributed by atoms with Gasteiger partial charge in [0, 0.05) is 24.7 Å². The number of benzene rings is 2. The molecule has 2 aromatic carbocycles. The zero-order valence-electron chi connectivity index (χ0n) is 13.3. The lowest BCUT2D eigenvalue weighted by atomic mass is 10.1. The van der Waals surface area contributed by atoms with Crippen molar-refractivity contribution in [3.05, 3.63) is 59.7 Å². The van der Waals surface area contributed by atoms with Gasteiger partial charge in [-0.1, -0.05) is 18.2 Å². The van der Waals surface area contributed by atoms with Crippen molar-refractivity contribution in [3.8, 4) is 5.75 Å². The summed E-state index contributed by atoms with van der Waals surface area (Å²) in [4.78, 5) is 23.6. The molecule has 120 valence electrons. The van der Waals surface area contributed by atoms with Crippen LogP contribution in [0.1, 0.15) is 22.3 Å². The number of rotatable bonds is 6. The van der Waals surface area contributed by atoms with Crippen LogP contribution in [0.5, 0.6) is 5.75 Å². The summed E-state index contributed by atoms with van der Waals surface area (Å²) in [6.45, 7) is 0. The maximum atomic E-state index is 12.0. The molecule has 5 nitrogen and oxygen atoms in total. The van der Waals surface area contributed by atoms with E-state index in [0.29, 0.717) is 24.1 Å². The fourth-order valence-electron chi connectivity index (χ4n) is 2.16.